The lowest BCUT2D eigenvalue weighted by atomic mass is 10.4. The minimum atomic E-state index is -0.650. The van der Waals surface area contributed by atoms with Crippen LogP contribution in [0.3, 0.4) is 0 Å². The number of urea groups is 1. The number of hydrogen-bond acceptors (Lipinski definition) is 5. The average molecular weight is 300 g/mol. The average Bonchev–Trinajstić information content (AvgIpc) is 2.40. The zero-order valence-corrected chi connectivity index (χ0v) is 13.0. The molecule has 1 N–H and O–H groups in total. The van der Waals surface area contributed by atoms with E-state index in [0.29, 0.717) is 19.6 Å². The molecule has 0 atom stereocenters. The van der Waals surface area contributed by atoms with E-state index < -0.39 is 11.9 Å². The smallest absolute Gasteiger partial charge is 0.331 e. The van der Waals surface area contributed by atoms with Crippen molar-refractivity contribution in [1.82, 2.24) is 10.2 Å². The van der Waals surface area contributed by atoms with E-state index in [0.717, 1.165) is 12.2 Å². The summed E-state index contributed by atoms with van der Waals surface area (Å²) < 4.78 is 9.73. The van der Waals surface area contributed by atoms with Gasteiger partial charge in [0, 0.05) is 25.2 Å². The van der Waals surface area contributed by atoms with Crippen LogP contribution in [0, 0.1) is 0 Å². The fourth-order valence-corrected chi connectivity index (χ4v) is 1.38. The Bertz CT molecular complexity index is 380. The Hall–Kier alpha value is -2.05. The summed E-state index contributed by atoms with van der Waals surface area (Å²) in [6, 6.07) is -0.202. The van der Waals surface area contributed by atoms with Gasteiger partial charge in [0.1, 0.15) is 6.61 Å². The third-order valence-corrected chi connectivity index (χ3v) is 2.31. The van der Waals surface area contributed by atoms with Crippen molar-refractivity contribution in [3.05, 3.63) is 12.2 Å². The van der Waals surface area contributed by atoms with Gasteiger partial charge in [0.25, 0.3) is 0 Å². The maximum absolute atomic E-state index is 11.6. The quantitative estimate of drug-likeness (QED) is 0.536. The molecule has 0 aromatic rings. The monoisotopic (exact) mass is 300 g/mol. The molecule has 0 aliphatic rings. The second kappa shape index (κ2) is 10.7. The highest BCUT2D eigenvalue weighted by atomic mass is 16.5. The van der Waals surface area contributed by atoms with Crippen molar-refractivity contribution < 1.29 is 23.9 Å². The van der Waals surface area contributed by atoms with Crippen LogP contribution in [-0.4, -0.2) is 55.2 Å². The first-order valence-electron chi connectivity index (χ1n) is 6.98. The summed E-state index contributed by atoms with van der Waals surface area (Å²) in [6.07, 6.45) is 1.78. The van der Waals surface area contributed by atoms with Gasteiger partial charge in [-0.2, -0.15) is 0 Å². The number of likely N-dealkylation sites (N-methyl/N-ethyl adjacent to an activating group) is 1. The predicted octanol–water partition coefficient (Wildman–Crippen LogP) is 1.09. The van der Waals surface area contributed by atoms with Crippen LogP contribution in [0.1, 0.15) is 27.7 Å². The van der Waals surface area contributed by atoms with Gasteiger partial charge in [-0.25, -0.2) is 14.4 Å². The minimum Gasteiger partial charge on any atom is -0.461 e. The molecule has 21 heavy (non-hydrogen) atoms. The maximum atomic E-state index is 11.6. The van der Waals surface area contributed by atoms with Crippen LogP contribution < -0.4 is 5.32 Å². The molecular formula is C14H24N2O5. The number of nitrogens with zero attached hydrogens (tertiary/aromatic N) is 1. The molecule has 0 saturated heterocycles. The van der Waals surface area contributed by atoms with Crippen LogP contribution in [0.4, 0.5) is 4.79 Å². The number of carbonyl (C=O) groups is 3. The van der Waals surface area contributed by atoms with Crippen LogP contribution in [0.2, 0.25) is 0 Å². The highest BCUT2D eigenvalue weighted by Gasteiger charge is 2.10. The molecule has 2 amide bonds. The fraction of sp³-hybridized carbons (Fsp3) is 0.643. The highest BCUT2D eigenvalue weighted by molar-refractivity contribution is 5.91. The maximum Gasteiger partial charge on any atom is 0.331 e. The second-order valence-corrected chi connectivity index (χ2v) is 4.40. The normalized spacial score (nSPS) is 10.5. The molecule has 0 rings (SSSR count). The Morgan fingerprint density at radius 3 is 2.29 bits per heavy atom. The molecule has 0 spiro atoms. The topological polar surface area (TPSA) is 84.9 Å². The summed E-state index contributed by atoms with van der Waals surface area (Å²) in [5.74, 6) is -1.25. The van der Waals surface area contributed by atoms with Crippen molar-refractivity contribution >= 4 is 18.0 Å². The Morgan fingerprint density at radius 2 is 1.76 bits per heavy atom. The lowest BCUT2D eigenvalue weighted by Gasteiger charge is -2.20. The molecule has 7 heteroatoms. The van der Waals surface area contributed by atoms with Crippen LogP contribution in [0.25, 0.3) is 0 Å². The zero-order chi connectivity index (χ0) is 16.3. The fourth-order valence-electron chi connectivity index (χ4n) is 1.38. The highest BCUT2D eigenvalue weighted by Crippen LogP contribution is 1.93. The Labute approximate surface area is 125 Å². The molecule has 0 heterocycles. The first-order valence-corrected chi connectivity index (χ1v) is 6.98. The standard InChI is InChI=1S/C14H24N2O5/c1-5-15-14(19)16(6-2)9-10-20-12(17)7-8-13(18)21-11(3)4/h7-8,11H,5-6,9-10H2,1-4H3,(H,15,19)/b8-7+. The molecule has 0 aliphatic heterocycles. The summed E-state index contributed by atoms with van der Waals surface area (Å²) in [4.78, 5) is 35.6. The molecule has 0 unspecified atom stereocenters. The lowest BCUT2D eigenvalue weighted by Crippen LogP contribution is -2.41. The molecule has 0 bridgehead atoms. The van der Waals surface area contributed by atoms with E-state index in [1.807, 2.05) is 13.8 Å². The van der Waals surface area contributed by atoms with Crippen molar-refractivity contribution in [3.8, 4) is 0 Å². The summed E-state index contributed by atoms with van der Waals surface area (Å²) in [7, 11) is 0. The molecule has 0 fully saturated rings. The van der Waals surface area contributed by atoms with Crippen molar-refractivity contribution in [2.24, 2.45) is 0 Å². The second-order valence-electron chi connectivity index (χ2n) is 4.40. The molecule has 0 aromatic carbocycles. The van der Waals surface area contributed by atoms with Gasteiger partial charge in [-0.1, -0.05) is 0 Å². The third-order valence-electron chi connectivity index (χ3n) is 2.31. The first-order chi connectivity index (χ1) is 9.90. The van der Waals surface area contributed by atoms with Crippen LogP contribution in [0.5, 0.6) is 0 Å². The molecule has 7 nitrogen and oxygen atoms in total. The number of esters is 2. The minimum absolute atomic E-state index is 0.0629. The van der Waals surface area contributed by atoms with Gasteiger partial charge in [0.15, 0.2) is 0 Å². The van der Waals surface area contributed by atoms with Gasteiger partial charge in [-0.3, -0.25) is 0 Å². The zero-order valence-electron chi connectivity index (χ0n) is 13.0. The van der Waals surface area contributed by atoms with E-state index in [1.165, 1.54) is 4.90 Å². The van der Waals surface area contributed by atoms with E-state index in [4.69, 9.17) is 9.47 Å². The van der Waals surface area contributed by atoms with Crippen molar-refractivity contribution in [3.63, 3.8) is 0 Å². The lowest BCUT2D eigenvalue weighted by molar-refractivity contribution is -0.142. The Morgan fingerprint density at radius 1 is 1.14 bits per heavy atom. The molecule has 0 radical (unpaired) electrons. The van der Waals surface area contributed by atoms with Gasteiger partial charge in [-0.05, 0) is 27.7 Å². The van der Waals surface area contributed by atoms with Gasteiger partial charge in [-0.15, -0.1) is 0 Å². The van der Waals surface area contributed by atoms with E-state index in [-0.39, 0.29) is 18.7 Å². The third kappa shape index (κ3) is 9.48. The molecular weight excluding hydrogens is 276 g/mol. The summed E-state index contributed by atoms with van der Waals surface area (Å²) >= 11 is 0. The van der Waals surface area contributed by atoms with Gasteiger partial charge < -0.3 is 19.7 Å². The van der Waals surface area contributed by atoms with Crippen LogP contribution in [0.15, 0.2) is 12.2 Å². The molecule has 120 valence electrons. The van der Waals surface area contributed by atoms with Crippen molar-refractivity contribution in [2.75, 3.05) is 26.2 Å². The number of rotatable bonds is 8. The van der Waals surface area contributed by atoms with Crippen LogP contribution in [-0.2, 0) is 19.1 Å². The van der Waals surface area contributed by atoms with Crippen LogP contribution >= 0.6 is 0 Å². The Kier molecular flexibility index (Phi) is 9.66. The van der Waals surface area contributed by atoms with Gasteiger partial charge in [0.2, 0.25) is 0 Å². The van der Waals surface area contributed by atoms with E-state index in [2.05, 4.69) is 5.32 Å². The van der Waals surface area contributed by atoms with Crippen molar-refractivity contribution in [2.45, 2.75) is 33.8 Å². The van der Waals surface area contributed by atoms with E-state index >= 15 is 0 Å². The number of nitrogens with one attached hydrogen (secondary N) is 1. The predicted molar refractivity (Wildman–Crippen MR) is 77.6 cm³/mol. The number of hydrogen-bond donors (Lipinski definition) is 1. The molecule has 0 aromatic heterocycles. The SMILES string of the molecule is CCNC(=O)N(CC)CCOC(=O)/C=C/C(=O)OC(C)C. The van der Waals surface area contributed by atoms with E-state index in [9.17, 15) is 14.4 Å². The molecule has 0 aliphatic carbocycles. The summed E-state index contributed by atoms with van der Waals surface area (Å²) in [6.45, 7) is 8.49. The summed E-state index contributed by atoms with van der Waals surface area (Å²) in [5, 5.41) is 2.66. The number of ether oxygens (including phenoxy) is 2. The summed E-state index contributed by atoms with van der Waals surface area (Å²) in [5.41, 5.74) is 0. The van der Waals surface area contributed by atoms with Gasteiger partial charge in [0.05, 0.1) is 12.6 Å². The van der Waals surface area contributed by atoms with E-state index in [1.54, 1.807) is 13.8 Å². The van der Waals surface area contributed by atoms with Crippen molar-refractivity contribution in [1.29, 1.82) is 0 Å². The Balaban J connectivity index is 4.05. The number of amides is 2. The number of carbonyl (C=O) groups excluding carboxylic acids is 3. The first kappa shape index (κ1) is 18.9. The van der Waals surface area contributed by atoms with Gasteiger partial charge >= 0.3 is 18.0 Å². The molecule has 0 saturated carbocycles. The largest absolute Gasteiger partial charge is 0.461 e.